The molecule has 0 unspecified atom stereocenters. The average molecular weight is 362 g/mol. The molecule has 130 valence electrons. The molecule has 3 aromatic rings. The summed E-state index contributed by atoms with van der Waals surface area (Å²) < 4.78 is 38.7. The third-order valence-corrected chi connectivity index (χ3v) is 4.04. The molecule has 0 spiro atoms. The Bertz CT molecular complexity index is 1050. The summed E-state index contributed by atoms with van der Waals surface area (Å²) >= 11 is 0. The van der Waals surface area contributed by atoms with E-state index in [2.05, 4.69) is 20.2 Å². The van der Waals surface area contributed by atoms with Gasteiger partial charge in [0.05, 0.1) is 18.2 Å². The summed E-state index contributed by atoms with van der Waals surface area (Å²) in [7, 11) is -3.42. The van der Waals surface area contributed by atoms with Gasteiger partial charge in [-0.1, -0.05) is 18.2 Å². The molecule has 0 saturated carbocycles. The highest BCUT2D eigenvalue weighted by Gasteiger charge is 2.13. The summed E-state index contributed by atoms with van der Waals surface area (Å²) in [5.74, 6) is -0.641. The normalized spacial score (nSPS) is 11.4. The number of anilines is 2. The van der Waals surface area contributed by atoms with E-state index in [0.717, 1.165) is 6.26 Å². The largest absolute Gasteiger partial charge is 0.308 e. The molecule has 0 radical (unpaired) electrons. The van der Waals surface area contributed by atoms with Crippen molar-refractivity contribution >= 4 is 38.3 Å². The predicted octanol–water partition coefficient (Wildman–Crippen LogP) is 2.25. The second kappa shape index (κ2) is 6.52. The van der Waals surface area contributed by atoms with E-state index in [1.165, 1.54) is 12.1 Å². The van der Waals surface area contributed by atoms with Crippen LogP contribution >= 0.6 is 0 Å². The van der Waals surface area contributed by atoms with Gasteiger partial charge in [0.25, 0.3) is 0 Å². The average Bonchev–Trinajstić information content (AvgIpc) is 2.90. The van der Waals surface area contributed by atoms with E-state index < -0.39 is 21.7 Å². The van der Waals surface area contributed by atoms with E-state index in [4.69, 9.17) is 0 Å². The van der Waals surface area contributed by atoms with Crippen molar-refractivity contribution in [1.82, 2.24) is 10.2 Å². The predicted molar refractivity (Wildman–Crippen MR) is 93.3 cm³/mol. The first-order valence-corrected chi connectivity index (χ1v) is 9.20. The fourth-order valence-corrected chi connectivity index (χ4v) is 2.93. The highest BCUT2D eigenvalue weighted by atomic mass is 32.2. The van der Waals surface area contributed by atoms with Gasteiger partial charge in [0.2, 0.25) is 15.9 Å². The third-order valence-electron chi connectivity index (χ3n) is 3.43. The lowest BCUT2D eigenvalue weighted by Crippen LogP contribution is -2.15. The van der Waals surface area contributed by atoms with Gasteiger partial charge in [0.1, 0.15) is 5.82 Å². The molecule has 25 heavy (non-hydrogen) atoms. The molecule has 1 amide bonds. The van der Waals surface area contributed by atoms with Crippen LogP contribution in [0.5, 0.6) is 0 Å². The topological polar surface area (TPSA) is 104 Å². The minimum atomic E-state index is -3.42. The maximum atomic E-state index is 13.6. The lowest BCUT2D eigenvalue weighted by Gasteiger charge is -2.06. The van der Waals surface area contributed by atoms with Crippen LogP contribution in [-0.4, -0.2) is 30.8 Å². The van der Waals surface area contributed by atoms with Crippen LogP contribution in [0.1, 0.15) is 5.56 Å². The zero-order valence-corrected chi connectivity index (χ0v) is 14.0. The minimum Gasteiger partial charge on any atom is -0.308 e. The van der Waals surface area contributed by atoms with Crippen LogP contribution in [0.4, 0.5) is 15.9 Å². The number of H-pyrrole nitrogens is 1. The Hall–Kier alpha value is -2.94. The molecule has 7 nitrogen and oxygen atoms in total. The van der Waals surface area contributed by atoms with E-state index in [0.29, 0.717) is 16.6 Å². The molecule has 9 heteroatoms. The van der Waals surface area contributed by atoms with E-state index in [-0.39, 0.29) is 17.8 Å². The van der Waals surface area contributed by atoms with Crippen LogP contribution in [0, 0.1) is 5.82 Å². The van der Waals surface area contributed by atoms with Crippen LogP contribution in [0.2, 0.25) is 0 Å². The maximum absolute atomic E-state index is 13.6. The van der Waals surface area contributed by atoms with Crippen LogP contribution in [-0.2, 0) is 21.2 Å². The number of fused-ring (bicyclic) bond motifs is 1. The summed E-state index contributed by atoms with van der Waals surface area (Å²) in [5, 5.41) is 9.89. The lowest BCUT2D eigenvalue weighted by atomic mass is 10.1. The Morgan fingerprint density at radius 2 is 2.00 bits per heavy atom. The van der Waals surface area contributed by atoms with Gasteiger partial charge in [0.15, 0.2) is 5.82 Å². The number of halogens is 1. The maximum Gasteiger partial charge on any atom is 0.230 e. The Labute approximate surface area is 143 Å². The third kappa shape index (κ3) is 4.13. The number of nitrogens with one attached hydrogen (secondary N) is 3. The van der Waals surface area contributed by atoms with Crippen molar-refractivity contribution in [1.29, 1.82) is 0 Å². The summed E-state index contributed by atoms with van der Waals surface area (Å²) in [6.45, 7) is 0. The zero-order valence-electron chi connectivity index (χ0n) is 13.2. The van der Waals surface area contributed by atoms with Gasteiger partial charge in [-0.15, -0.1) is 0 Å². The Morgan fingerprint density at radius 3 is 2.72 bits per heavy atom. The molecule has 2 aromatic carbocycles. The molecule has 0 aliphatic rings. The Balaban J connectivity index is 1.82. The van der Waals surface area contributed by atoms with Crippen molar-refractivity contribution in [3.8, 4) is 0 Å². The number of carbonyl (C=O) groups excluding carboxylic acids is 1. The number of hydrogen-bond donors (Lipinski definition) is 3. The molecule has 0 atom stereocenters. The highest BCUT2D eigenvalue weighted by molar-refractivity contribution is 7.92. The number of hydrogen-bond acceptors (Lipinski definition) is 4. The van der Waals surface area contributed by atoms with E-state index in [1.807, 2.05) is 0 Å². The number of aromatic nitrogens is 2. The van der Waals surface area contributed by atoms with Gasteiger partial charge in [0, 0.05) is 11.1 Å². The van der Waals surface area contributed by atoms with Gasteiger partial charge in [-0.2, -0.15) is 5.10 Å². The number of carbonyl (C=O) groups is 1. The van der Waals surface area contributed by atoms with E-state index in [1.54, 1.807) is 30.3 Å². The minimum absolute atomic E-state index is 0.137. The van der Waals surface area contributed by atoms with Crippen molar-refractivity contribution < 1.29 is 17.6 Å². The van der Waals surface area contributed by atoms with Crippen molar-refractivity contribution in [3.63, 3.8) is 0 Å². The molecule has 0 aliphatic carbocycles. The van der Waals surface area contributed by atoms with Crippen LogP contribution in [0.25, 0.3) is 10.9 Å². The molecular formula is C16H15FN4O3S. The molecule has 0 fully saturated rings. The van der Waals surface area contributed by atoms with Gasteiger partial charge < -0.3 is 5.32 Å². The second-order valence-electron chi connectivity index (χ2n) is 5.52. The van der Waals surface area contributed by atoms with Crippen LogP contribution < -0.4 is 10.0 Å². The summed E-state index contributed by atoms with van der Waals surface area (Å²) in [6, 6.07) is 10.8. The SMILES string of the molecule is CS(=O)(=O)Nc1ccc2[nH]nc(NC(=O)Cc3ccccc3F)c2c1. The highest BCUT2D eigenvalue weighted by Crippen LogP contribution is 2.24. The first kappa shape index (κ1) is 16.9. The smallest absolute Gasteiger partial charge is 0.230 e. The first-order valence-electron chi connectivity index (χ1n) is 7.31. The van der Waals surface area contributed by atoms with Crippen molar-refractivity contribution in [2.45, 2.75) is 6.42 Å². The van der Waals surface area contributed by atoms with E-state index in [9.17, 15) is 17.6 Å². The molecule has 3 N–H and O–H groups in total. The van der Waals surface area contributed by atoms with Crippen molar-refractivity contribution in [2.24, 2.45) is 0 Å². The van der Waals surface area contributed by atoms with Gasteiger partial charge in [-0.3, -0.25) is 14.6 Å². The molecule has 0 aliphatic heterocycles. The number of benzene rings is 2. The number of amides is 1. The Morgan fingerprint density at radius 1 is 1.24 bits per heavy atom. The fraction of sp³-hybridized carbons (Fsp3) is 0.125. The van der Waals surface area contributed by atoms with Gasteiger partial charge >= 0.3 is 0 Å². The standard InChI is InChI=1S/C16H15FN4O3S/c1-25(23,24)21-11-6-7-14-12(9-11)16(20-19-14)18-15(22)8-10-4-2-3-5-13(10)17/h2-7,9,21H,8H2,1H3,(H2,18,19,20,22). The monoisotopic (exact) mass is 362 g/mol. The molecule has 0 saturated heterocycles. The number of aromatic amines is 1. The van der Waals surface area contributed by atoms with Gasteiger partial charge in [-0.25, -0.2) is 12.8 Å². The zero-order chi connectivity index (χ0) is 18.0. The van der Waals surface area contributed by atoms with Gasteiger partial charge in [-0.05, 0) is 29.8 Å². The molecule has 1 aromatic heterocycles. The van der Waals surface area contributed by atoms with Crippen molar-refractivity contribution in [2.75, 3.05) is 16.3 Å². The fourth-order valence-electron chi connectivity index (χ4n) is 2.38. The number of rotatable bonds is 5. The molecular weight excluding hydrogens is 347 g/mol. The summed E-state index contributed by atoms with van der Waals surface area (Å²) in [4.78, 5) is 12.1. The number of sulfonamides is 1. The van der Waals surface area contributed by atoms with Crippen LogP contribution in [0.15, 0.2) is 42.5 Å². The summed E-state index contributed by atoms with van der Waals surface area (Å²) in [5.41, 5.74) is 1.25. The Kier molecular flexibility index (Phi) is 4.41. The van der Waals surface area contributed by atoms with Crippen molar-refractivity contribution in [3.05, 3.63) is 53.8 Å². The summed E-state index contributed by atoms with van der Waals surface area (Å²) in [6.07, 6.45) is 0.909. The quantitative estimate of drug-likeness (QED) is 0.647. The second-order valence-corrected chi connectivity index (χ2v) is 7.27. The molecule has 0 bridgehead atoms. The lowest BCUT2D eigenvalue weighted by molar-refractivity contribution is -0.115. The first-order chi connectivity index (χ1) is 11.8. The van der Waals surface area contributed by atoms with Crippen LogP contribution in [0.3, 0.4) is 0 Å². The van der Waals surface area contributed by atoms with E-state index >= 15 is 0 Å². The molecule has 3 rings (SSSR count). The molecule has 1 heterocycles. The number of nitrogens with zero attached hydrogens (tertiary/aromatic N) is 1.